The Bertz CT molecular complexity index is 4540. The highest BCUT2D eigenvalue weighted by atomic mass is 15.1. The number of hydrogen-bond acceptors (Lipinski definition) is 2. The van der Waals surface area contributed by atoms with E-state index < -0.39 is 0 Å². The molecule has 0 N–H and O–H groups in total. The lowest BCUT2D eigenvalue weighted by Crippen LogP contribution is -2.23. The van der Waals surface area contributed by atoms with E-state index in [2.05, 4.69) is 337 Å². The summed E-state index contributed by atoms with van der Waals surface area (Å²) >= 11 is 0. The van der Waals surface area contributed by atoms with E-state index in [0.717, 1.165) is 51.9 Å². The molecule has 1 aliphatic carbocycles. The number of para-hydroxylation sites is 4. The number of fused-ring (bicyclic) bond motifs is 7. The van der Waals surface area contributed by atoms with E-state index >= 15 is 0 Å². The van der Waals surface area contributed by atoms with Crippen LogP contribution in [0.3, 0.4) is 0 Å². The summed E-state index contributed by atoms with van der Waals surface area (Å²) < 4.78 is 4.78. The zero-order valence-corrected chi connectivity index (χ0v) is 46.3. The van der Waals surface area contributed by atoms with Crippen molar-refractivity contribution in [2.45, 2.75) is 38.0 Å². The van der Waals surface area contributed by atoms with Crippen molar-refractivity contribution >= 4 is 77.7 Å². The van der Waals surface area contributed by atoms with Gasteiger partial charge < -0.3 is 18.9 Å². The molecule has 82 heavy (non-hydrogen) atoms. The van der Waals surface area contributed by atoms with E-state index in [9.17, 15) is 0 Å². The van der Waals surface area contributed by atoms with Gasteiger partial charge in [-0.25, -0.2) is 0 Å². The van der Waals surface area contributed by atoms with Crippen molar-refractivity contribution in [1.82, 2.24) is 9.13 Å². The zero-order valence-electron chi connectivity index (χ0n) is 46.3. The maximum absolute atomic E-state index is 2.49. The second kappa shape index (κ2) is 19.6. The average molecular weight is 1050 g/mol. The minimum atomic E-state index is -0.275. The van der Waals surface area contributed by atoms with Crippen molar-refractivity contribution in [3.8, 4) is 33.6 Å². The molecule has 4 nitrogen and oxygen atoms in total. The number of aromatic nitrogens is 2. The summed E-state index contributed by atoms with van der Waals surface area (Å²) in [6.07, 6.45) is 0.978. The molecule has 2 heterocycles. The smallest absolute Gasteiger partial charge is 0.0541 e. The summed E-state index contributed by atoms with van der Waals surface area (Å²) in [6, 6.07) is 109. The third kappa shape index (κ3) is 8.21. The van der Waals surface area contributed by atoms with Crippen LogP contribution in [0.25, 0.3) is 77.2 Å². The lowest BCUT2D eigenvalue weighted by Gasteiger charge is -2.31. The maximum Gasteiger partial charge on any atom is 0.0541 e. The van der Waals surface area contributed by atoms with Crippen LogP contribution in [0.15, 0.2) is 297 Å². The molecule has 0 radical (unpaired) electrons. The molecule has 1 aliphatic rings. The minimum Gasteiger partial charge on any atom is -0.311 e. The summed E-state index contributed by atoms with van der Waals surface area (Å²) in [5, 5.41) is 5.03. The Morgan fingerprint density at radius 3 is 0.976 bits per heavy atom. The van der Waals surface area contributed by atoms with Gasteiger partial charge in [-0.05, 0) is 172 Å². The third-order valence-electron chi connectivity index (χ3n) is 17.5. The molecule has 0 bridgehead atoms. The van der Waals surface area contributed by atoms with Gasteiger partial charge in [-0.15, -0.1) is 0 Å². The highest BCUT2D eigenvalue weighted by Gasteiger charge is 2.46. The molecule has 0 spiro atoms. The van der Waals surface area contributed by atoms with E-state index in [1.807, 2.05) is 0 Å². The van der Waals surface area contributed by atoms with Gasteiger partial charge in [-0.1, -0.05) is 197 Å². The van der Waals surface area contributed by atoms with Crippen molar-refractivity contribution in [3.63, 3.8) is 0 Å². The highest BCUT2D eigenvalue weighted by Crippen LogP contribution is 2.55. The quantitative estimate of drug-likeness (QED) is 0.128. The first-order valence-corrected chi connectivity index (χ1v) is 28.6. The molecule has 392 valence electrons. The number of hydrogen-bond donors (Lipinski definition) is 0. The Balaban J connectivity index is 0.814. The van der Waals surface area contributed by atoms with Crippen LogP contribution < -0.4 is 9.80 Å². The van der Waals surface area contributed by atoms with Crippen molar-refractivity contribution in [3.05, 3.63) is 314 Å². The molecule has 1 atom stereocenters. The molecule has 15 rings (SSSR count). The first-order valence-electron chi connectivity index (χ1n) is 28.6. The standard InChI is InChI=1S/C78H60N4/c1-77(2)53-78(3,58-34-40-61(41-35-58)79(59-36-30-56(31-37-59)54-18-6-4-7-19-54)62-42-46-64(47-43-62)81-73-26-14-10-22-67(73)68-23-11-15-27-74(68)81)72-52-66(50-51-71(72)77)80(60-38-32-57(33-39-60)55-20-8-5-9-21-55)63-44-48-65(49-45-63)82-75-28-16-12-24-69(75)70-25-13-17-29-76(70)82/h4-52H,53H2,1-3H3. The average Bonchev–Trinajstić information content (AvgIpc) is 2.95. The van der Waals surface area contributed by atoms with Gasteiger partial charge in [-0.2, -0.15) is 0 Å². The first-order chi connectivity index (χ1) is 40.3. The fraction of sp³-hybridized carbons (Fsp3) is 0.0769. The molecule has 0 amide bonds. The van der Waals surface area contributed by atoms with Crippen LogP contribution in [-0.2, 0) is 10.8 Å². The van der Waals surface area contributed by atoms with Crippen LogP contribution in [0, 0.1) is 0 Å². The van der Waals surface area contributed by atoms with Gasteiger partial charge in [0.15, 0.2) is 0 Å². The fourth-order valence-corrected chi connectivity index (χ4v) is 13.7. The molecule has 0 fully saturated rings. The van der Waals surface area contributed by atoms with E-state index in [1.54, 1.807) is 0 Å². The minimum absolute atomic E-state index is 0.0575. The van der Waals surface area contributed by atoms with Crippen molar-refractivity contribution < 1.29 is 0 Å². The topological polar surface area (TPSA) is 16.3 Å². The number of nitrogens with zero attached hydrogens (tertiary/aromatic N) is 4. The summed E-state index contributed by atoms with van der Waals surface area (Å²) in [5.41, 5.74) is 22.2. The van der Waals surface area contributed by atoms with Gasteiger partial charge >= 0.3 is 0 Å². The number of rotatable bonds is 11. The van der Waals surface area contributed by atoms with Crippen molar-refractivity contribution in [2.24, 2.45) is 0 Å². The summed E-state index contributed by atoms with van der Waals surface area (Å²) in [6.45, 7) is 7.30. The van der Waals surface area contributed by atoms with E-state index in [1.165, 1.54) is 82.6 Å². The van der Waals surface area contributed by atoms with E-state index in [-0.39, 0.29) is 10.8 Å². The predicted octanol–water partition coefficient (Wildman–Crippen LogP) is 21.1. The number of anilines is 6. The Labute approximate surface area is 479 Å². The zero-order chi connectivity index (χ0) is 54.9. The number of benzene rings is 12. The Kier molecular flexibility index (Phi) is 11.7. The van der Waals surface area contributed by atoms with Gasteiger partial charge in [0.1, 0.15) is 0 Å². The van der Waals surface area contributed by atoms with Crippen molar-refractivity contribution in [2.75, 3.05) is 9.80 Å². The van der Waals surface area contributed by atoms with Gasteiger partial charge in [0, 0.05) is 72.5 Å². The predicted molar refractivity (Wildman–Crippen MR) is 346 cm³/mol. The van der Waals surface area contributed by atoms with Gasteiger partial charge in [-0.3, -0.25) is 0 Å². The van der Waals surface area contributed by atoms with Gasteiger partial charge in [0.25, 0.3) is 0 Å². The molecular weight excluding hydrogens is 993 g/mol. The second-order valence-corrected chi connectivity index (χ2v) is 22.9. The van der Waals surface area contributed by atoms with E-state index in [4.69, 9.17) is 0 Å². The van der Waals surface area contributed by atoms with Crippen LogP contribution in [-0.4, -0.2) is 9.13 Å². The molecule has 2 aromatic heterocycles. The Morgan fingerprint density at radius 2 is 0.585 bits per heavy atom. The second-order valence-electron chi connectivity index (χ2n) is 22.9. The van der Waals surface area contributed by atoms with Gasteiger partial charge in [0.2, 0.25) is 0 Å². The lowest BCUT2D eigenvalue weighted by molar-refractivity contribution is 0.425. The normalized spacial score (nSPS) is 14.6. The maximum atomic E-state index is 2.49. The Morgan fingerprint density at radius 1 is 0.280 bits per heavy atom. The monoisotopic (exact) mass is 1050 g/mol. The summed E-state index contributed by atoms with van der Waals surface area (Å²) in [5.74, 6) is 0. The van der Waals surface area contributed by atoms with Crippen LogP contribution >= 0.6 is 0 Å². The molecular formula is C78H60N4. The van der Waals surface area contributed by atoms with Crippen LogP contribution in [0.5, 0.6) is 0 Å². The van der Waals surface area contributed by atoms with Crippen LogP contribution in [0.1, 0.15) is 43.9 Å². The molecule has 4 heteroatoms. The lowest BCUT2D eigenvalue weighted by atomic mass is 9.75. The fourth-order valence-electron chi connectivity index (χ4n) is 13.7. The molecule has 0 aliphatic heterocycles. The van der Waals surface area contributed by atoms with Crippen LogP contribution in [0.4, 0.5) is 34.1 Å². The summed E-state index contributed by atoms with van der Waals surface area (Å²) in [4.78, 5) is 4.83. The Hall–Kier alpha value is -10.2. The largest absolute Gasteiger partial charge is 0.311 e. The molecule has 14 aromatic rings. The summed E-state index contributed by atoms with van der Waals surface area (Å²) in [7, 11) is 0. The molecule has 0 saturated carbocycles. The third-order valence-corrected chi connectivity index (χ3v) is 17.5. The van der Waals surface area contributed by atoms with Gasteiger partial charge in [0.05, 0.1) is 22.1 Å². The van der Waals surface area contributed by atoms with Crippen molar-refractivity contribution in [1.29, 1.82) is 0 Å². The molecule has 1 unspecified atom stereocenters. The SMILES string of the molecule is CC1(C)CC(C)(c2ccc(N(c3ccc(-c4ccccc4)cc3)c3ccc(-n4c5ccccc5c5ccccc54)cc3)cc2)c2cc(N(c3ccc(-c4ccccc4)cc3)c3ccc(-n4c5ccccc5c5ccccc54)cc3)ccc21. The first kappa shape index (κ1) is 48.9. The van der Waals surface area contributed by atoms with E-state index in [0.29, 0.717) is 0 Å². The molecule has 12 aromatic carbocycles. The van der Waals surface area contributed by atoms with Crippen LogP contribution in [0.2, 0.25) is 0 Å². The highest BCUT2D eigenvalue weighted by molar-refractivity contribution is 6.10. The molecule has 0 saturated heterocycles.